The number of nitrogens with zero attached hydrogens (tertiary/aromatic N) is 1. The standard InChI is InChI=1S/C18H34N2O/c1-12(2)10-14(16(21)20(6)7)19-15-11-13-8-9-18(15,5)17(13,3)4/h12-15,19H,8-11H2,1-7H3. The van der Waals surface area contributed by atoms with Gasteiger partial charge >= 0.3 is 0 Å². The van der Waals surface area contributed by atoms with Crippen LogP contribution in [0.5, 0.6) is 0 Å². The Bertz CT molecular complexity index is 402. The molecule has 2 fully saturated rings. The predicted octanol–water partition coefficient (Wildman–Crippen LogP) is 3.29. The molecule has 0 saturated heterocycles. The molecule has 4 atom stereocenters. The summed E-state index contributed by atoms with van der Waals surface area (Å²) in [5.74, 6) is 1.58. The molecule has 2 rings (SSSR count). The summed E-state index contributed by atoms with van der Waals surface area (Å²) in [6.07, 6.45) is 4.82. The van der Waals surface area contributed by atoms with Crippen molar-refractivity contribution in [1.82, 2.24) is 10.2 Å². The molecule has 2 aliphatic rings. The summed E-state index contributed by atoms with van der Waals surface area (Å²) in [4.78, 5) is 14.2. The van der Waals surface area contributed by atoms with E-state index in [2.05, 4.69) is 39.9 Å². The van der Waals surface area contributed by atoms with Gasteiger partial charge in [0.1, 0.15) is 0 Å². The molecule has 2 bridgehead atoms. The first-order chi connectivity index (χ1) is 9.59. The van der Waals surface area contributed by atoms with E-state index < -0.39 is 0 Å². The highest BCUT2D eigenvalue weighted by Crippen LogP contribution is 2.65. The van der Waals surface area contributed by atoms with Gasteiger partial charge < -0.3 is 10.2 Å². The molecule has 0 spiro atoms. The quantitative estimate of drug-likeness (QED) is 0.844. The van der Waals surface area contributed by atoms with Gasteiger partial charge in [0.2, 0.25) is 5.91 Å². The lowest BCUT2D eigenvalue weighted by atomic mass is 9.69. The van der Waals surface area contributed by atoms with Crippen LogP contribution in [0.2, 0.25) is 0 Å². The zero-order valence-electron chi connectivity index (χ0n) is 15.0. The van der Waals surface area contributed by atoms with Crippen molar-refractivity contribution in [3.05, 3.63) is 0 Å². The molecular formula is C18H34N2O. The third-order valence-corrected chi connectivity index (χ3v) is 6.64. The average molecular weight is 294 g/mol. The summed E-state index contributed by atoms with van der Waals surface area (Å²) in [6.45, 7) is 11.7. The van der Waals surface area contributed by atoms with Crippen molar-refractivity contribution in [2.24, 2.45) is 22.7 Å². The number of fused-ring (bicyclic) bond motifs is 2. The van der Waals surface area contributed by atoms with Crippen LogP contribution in [0.4, 0.5) is 0 Å². The van der Waals surface area contributed by atoms with Gasteiger partial charge in [-0.2, -0.15) is 0 Å². The maximum Gasteiger partial charge on any atom is 0.239 e. The van der Waals surface area contributed by atoms with Gasteiger partial charge in [0.05, 0.1) is 6.04 Å². The first kappa shape index (κ1) is 16.8. The highest BCUT2D eigenvalue weighted by Gasteiger charge is 2.61. The fourth-order valence-corrected chi connectivity index (χ4v) is 4.72. The van der Waals surface area contributed by atoms with Gasteiger partial charge in [-0.3, -0.25) is 4.79 Å². The number of carbonyl (C=O) groups is 1. The van der Waals surface area contributed by atoms with Crippen LogP contribution in [0.25, 0.3) is 0 Å². The molecule has 0 aromatic heterocycles. The Labute approximate surface area is 130 Å². The van der Waals surface area contributed by atoms with Gasteiger partial charge in [-0.1, -0.05) is 34.6 Å². The summed E-state index contributed by atoms with van der Waals surface area (Å²) in [5, 5.41) is 3.76. The van der Waals surface area contributed by atoms with Crippen molar-refractivity contribution in [3.63, 3.8) is 0 Å². The Morgan fingerprint density at radius 3 is 2.29 bits per heavy atom. The molecule has 4 unspecified atom stereocenters. The second kappa shape index (κ2) is 5.57. The smallest absolute Gasteiger partial charge is 0.239 e. The van der Waals surface area contributed by atoms with E-state index in [1.807, 2.05) is 14.1 Å². The fraction of sp³-hybridized carbons (Fsp3) is 0.944. The van der Waals surface area contributed by atoms with E-state index in [0.717, 1.165) is 12.3 Å². The van der Waals surface area contributed by atoms with Gasteiger partial charge in [-0.25, -0.2) is 0 Å². The molecule has 2 saturated carbocycles. The number of nitrogens with one attached hydrogen (secondary N) is 1. The van der Waals surface area contributed by atoms with Crippen LogP contribution in [0.15, 0.2) is 0 Å². The third kappa shape index (κ3) is 2.74. The lowest BCUT2D eigenvalue weighted by Crippen LogP contribution is -2.53. The fourth-order valence-electron chi connectivity index (χ4n) is 4.72. The van der Waals surface area contributed by atoms with Crippen LogP contribution in [-0.4, -0.2) is 37.0 Å². The average Bonchev–Trinajstić information content (AvgIpc) is 2.69. The Morgan fingerprint density at radius 2 is 1.90 bits per heavy atom. The van der Waals surface area contributed by atoms with Crippen molar-refractivity contribution < 1.29 is 4.79 Å². The summed E-state index contributed by atoms with van der Waals surface area (Å²) >= 11 is 0. The van der Waals surface area contributed by atoms with Crippen LogP contribution < -0.4 is 5.32 Å². The first-order valence-electron chi connectivity index (χ1n) is 8.57. The maximum atomic E-state index is 12.5. The molecule has 0 aliphatic heterocycles. The zero-order valence-corrected chi connectivity index (χ0v) is 15.0. The largest absolute Gasteiger partial charge is 0.347 e. The highest BCUT2D eigenvalue weighted by atomic mass is 16.2. The lowest BCUT2D eigenvalue weighted by molar-refractivity contribution is -0.131. The van der Waals surface area contributed by atoms with Crippen molar-refractivity contribution in [2.45, 2.75) is 72.4 Å². The lowest BCUT2D eigenvalue weighted by Gasteiger charge is -2.41. The second-order valence-corrected chi connectivity index (χ2v) is 8.74. The topological polar surface area (TPSA) is 32.3 Å². The minimum absolute atomic E-state index is 0.0306. The Kier molecular flexibility index (Phi) is 4.45. The Balaban J connectivity index is 2.13. The minimum atomic E-state index is -0.0306. The van der Waals surface area contributed by atoms with E-state index in [1.54, 1.807) is 4.90 Å². The van der Waals surface area contributed by atoms with Gasteiger partial charge in [0.25, 0.3) is 0 Å². The second-order valence-electron chi connectivity index (χ2n) is 8.74. The molecule has 0 radical (unpaired) electrons. The number of hydrogen-bond acceptors (Lipinski definition) is 2. The molecule has 1 N–H and O–H groups in total. The van der Waals surface area contributed by atoms with E-state index in [-0.39, 0.29) is 11.9 Å². The maximum absolute atomic E-state index is 12.5. The van der Waals surface area contributed by atoms with Crippen molar-refractivity contribution in [1.29, 1.82) is 0 Å². The third-order valence-electron chi connectivity index (χ3n) is 6.64. The summed E-state index contributed by atoms with van der Waals surface area (Å²) in [7, 11) is 3.73. The number of rotatable bonds is 5. The van der Waals surface area contributed by atoms with Crippen LogP contribution in [0, 0.1) is 22.7 Å². The molecule has 3 nitrogen and oxygen atoms in total. The van der Waals surface area contributed by atoms with E-state index in [0.29, 0.717) is 22.8 Å². The van der Waals surface area contributed by atoms with Crippen LogP contribution >= 0.6 is 0 Å². The molecule has 0 aromatic carbocycles. The van der Waals surface area contributed by atoms with Crippen LogP contribution in [0.3, 0.4) is 0 Å². The number of likely N-dealkylation sites (N-methyl/N-ethyl adjacent to an activating group) is 1. The van der Waals surface area contributed by atoms with E-state index >= 15 is 0 Å². The van der Waals surface area contributed by atoms with Crippen molar-refractivity contribution in [3.8, 4) is 0 Å². The van der Waals surface area contributed by atoms with Crippen LogP contribution in [0.1, 0.15) is 60.3 Å². The Morgan fingerprint density at radius 1 is 1.29 bits per heavy atom. The van der Waals surface area contributed by atoms with Gasteiger partial charge in [-0.15, -0.1) is 0 Å². The van der Waals surface area contributed by atoms with E-state index in [4.69, 9.17) is 0 Å². The van der Waals surface area contributed by atoms with Crippen molar-refractivity contribution in [2.75, 3.05) is 14.1 Å². The molecule has 1 amide bonds. The molecular weight excluding hydrogens is 260 g/mol. The molecule has 122 valence electrons. The van der Waals surface area contributed by atoms with Crippen molar-refractivity contribution >= 4 is 5.91 Å². The normalized spacial score (nSPS) is 35.2. The predicted molar refractivity (Wildman–Crippen MR) is 88.1 cm³/mol. The molecule has 3 heteroatoms. The molecule has 21 heavy (non-hydrogen) atoms. The van der Waals surface area contributed by atoms with E-state index in [1.165, 1.54) is 19.3 Å². The summed E-state index contributed by atoms with van der Waals surface area (Å²) in [5.41, 5.74) is 0.730. The number of amides is 1. The van der Waals surface area contributed by atoms with Gasteiger partial charge in [0.15, 0.2) is 0 Å². The van der Waals surface area contributed by atoms with E-state index in [9.17, 15) is 4.79 Å². The summed E-state index contributed by atoms with van der Waals surface area (Å²) in [6, 6.07) is 0.455. The molecule has 0 aromatic rings. The first-order valence-corrected chi connectivity index (χ1v) is 8.57. The number of hydrogen-bond donors (Lipinski definition) is 1. The summed E-state index contributed by atoms with van der Waals surface area (Å²) < 4.78 is 0. The monoisotopic (exact) mass is 294 g/mol. The highest BCUT2D eigenvalue weighted by molar-refractivity contribution is 5.81. The Hall–Kier alpha value is -0.570. The molecule has 0 heterocycles. The van der Waals surface area contributed by atoms with Gasteiger partial charge in [0, 0.05) is 20.1 Å². The minimum Gasteiger partial charge on any atom is -0.347 e. The molecule has 2 aliphatic carbocycles. The van der Waals surface area contributed by atoms with Crippen LogP contribution in [-0.2, 0) is 4.79 Å². The zero-order chi connectivity index (χ0) is 16.0. The number of carbonyl (C=O) groups excluding carboxylic acids is 1. The van der Waals surface area contributed by atoms with Gasteiger partial charge in [-0.05, 0) is 48.3 Å². The SMILES string of the molecule is CC(C)CC(NC1CC2CCC1(C)C2(C)C)C(=O)N(C)C.